The number of carbonyl (C=O) groups is 1. The molecular weight excluding hydrogens is 370 g/mol. The minimum atomic E-state index is -3.31. The molecule has 0 spiro atoms. The third-order valence-corrected chi connectivity index (χ3v) is 5.23. The number of nitrogens with one attached hydrogen (secondary N) is 2. The molecular formula is C18H17N3O3S2. The fraction of sp³-hybridized carbons (Fsp3) is 0.111. The van der Waals surface area contributed by atoms with Crippen molar-refractivity contribution in [3.63, 3.8) is 0 Å². The van der Waals surface area contributed by atoms with Gasteiger partial charge in [0.1, 0.15) is 0 Å². The number of benzene rings is 2. The van der Waals surface area contributed by atoms with Crippen LogP contribution in [0.1, 0.15) is 22.8 Å². The topological polar surface area (TPSA) is 87.6 Å². The zero-order chi connectivity index (χ0) is 18.7. The molecule has 3 aromatic rings. The molecule has 0 saturated heterocycles. The van der Waals surface area contributed by atoms with Gasteiger partial charge in [0.25, 0.3) is 5.91 Å². The summed E-state index contributed by atoms with van der Waals surface area (Å²) in [5, 5.41) is 6.86. The molecule has 0 aliphatic rings. The Kier molecular flexibility index (Phi) is 5.06. The number of hydrogen-bond acceptors (Lipinski definition) is 5. The number of anilines is 1. The molecule has 8 heteroatoms. The third-order valence-electron chi connectivity index (χ3n) is 3.66. The average molecular weight is 387 g/mol. The molecule has 0 unspecified atom stereocenters. The van der Waals surface area contributed by atoms with E-state index in [0.717, 1.165) is 21.9 Å². The van der Waals surface area contributed by atoms with E-state index in [4.69, 9.17) is 0 Å². The Morgan fingerprint density at radius 2 is 1.77 bits per heavy atom. The second kappa shape index (κ2) is 7.27. The first-order valence-corrected chi connectivity index (χ1v) is 10.5. The van der Waals surface area contributed by atoms with Crippen molar-refractivity contribution in [2.45, 2.75) is 6.92 Å². The molecule has 0 atom stereocenters. The monoisotopic (exact) mass is 387 g/mol. The van der Waals surface area contributed by atoms with Crippen molar-refractivity contribution in [3.8, 4) is 0 Å². The van der Waals surface area contributed by atoms with Crippen LogP contribution in [0.4, 0.5) is 5.69 Å². The Balaban J connectivity index is 1.72. The number of rotatable bonds is 5. The Morgan fingerprint density at radius 1 is 1.08 bits per heavy atom. The molecule has 6 nitrogen and oxygen atoms in total. The highest BCUT2D eigenvalue weighted by Crippen LogP contribution is 2.25. The van der Waals surface area contributed by atoms with Crippen LogP contribution < -0.4 is 10.1 Å². The standard InChI is InChI=1S/C18H17N3O3S2/c1-12(13-7-9-14(10-8-13)21-26(2,23)24)19-20-18(22)16-11-25-17-6-4-3-5-15(16)17/h3-11,21H,1-2H3,(H,20,22)/b19-12+. The predicted octanol–water partition coefficient (Wildman–Crippen LogP) is 3.43. The molecule has 1 amide bonds. The SMILES string of the molecule is C/C(=N\NC(=O)c1csc2ccccc12)c1ccc(NS(C)(=O)=O)cc1. The van der Waals surface area contributed by atoms with Gasteiger partial charge in [-0.1, -0.05) is 30.3 Å². The lowest BCUT2D eigenvalue weighted by Crippen LogP contribution is -2.19. The number of fused-ring (bicyclic) bond motifs is 1. The maximum absolute atomic E-state index is 12.4. The summed E-state index contributed by atoms with van der Waals surface area (Å²) in [5.74, 6) is -0.267. The Labute approximate surface area is 155 Å². The van der Waals surface area contributed by atoms with Crippen LogP contribution in [0.5, 0.6) is 0 Å². The van der Waals surface area contributed by atoms with Gasteiger partial charge in [0.15, 0.2) is 0 Å². The summed E-state index contributed by atoms with van der Waals surface area (Å²) < 4.78 is 25.9. The van der Waals surface area contributed by atoms with E-state index in [2.05, 4.69) is 15.2 Å². The second-order valence-corrected chi connectivity index (χ2v) is 8.39. The summed E-state index contributed by atoms with van der Waals surface area (Å²) in [6, 6.07) is 14.5. The highest BCUT2D eigenvalue weighted by molar-refractivity contribution is 7.92. The minimum absolute atomic E-state index is 0.267. The fourth-order valence-corrected chi connectivity index (χ4v) is 3.91. The van der Waals surface area contributed by atoms with Crippen molar-refractivity contribution in [1.82, 2.24) is 5.43 Å². The maximum atomic E-state index is 12.4. The average Bonchev–Trinajstić information content (AvgIpc) is 3.03. The van der Waals surface area contributed by atoms with Gasteiger partial charge in [-0.15, -0.1) is 11.3 Å². The van der Waals surface area contributed by atoms with E-state index in [1.807, 2.05) is 29.6 Å². The van der Waals surface area contributed by atoms with Crippen LogP contribution >= 0.6 is 11.3 Å². The summed E-state index contributed by atoms with van der Waals surface area (Å²) in [7, 11) is -3.31. The molecule has 2 N–H and O–H groups in total. The van der Waals surface area contributed by atoms with Crippen molar-refractivity contribution >= 4 is 48.8 Å². The molecule has 0 aliphatic carbocycles. The minimum Gasteiger partial charge on any atom is -0.284 e. The molecule has 0 saturated carbocycles. The van der Waals surface area contributed by atoms with E-state index in [-0.39, 0.29) is 5.91 Å². The van der Waals surface area contributed by atoms with Crippen LogP contribution in [0.15, 0.2) is 59.0 Å². The van der Waals surface area contributed by atoms with Crippen molar-refractivity contribution < 1.29 is 13.2 Å². The van der Waals surface area contributed by atoms with E-state index < -0.39 is 10.0 Å². The van der Waals surface area contributed by atoms with E-state index in [1.165, 1.54) is 11.3 Å². The van der Waals surface area contributed by atoms with Gasteiger partial charge in [0.05, 0.1) is 17.5 Å². The normalized spacial score (nSPS) is 12.2. The zero-order valence-electron chi connectivity index (χ0n) is 14.2. The Hall–Kier alpha value is -2.71. The van der Waals surface area contributed by atoms with Crippen molar-refractivity contribution in [2.24, 2.45) is 5.10 Å². The molecule has 26 heavy (non-hydrogen) atoms. The number of hydrazone groups is 1. The molecule has 2 aromatic carbocycles. The highest BCUT2D eigenvalue weighted by Gasteiger charge is 2.11. The first-order valence-electron chi connectivity index (χ1n) is 7.72. The Morgan fingerprint density at radius 3 is 2.46 bits per heavy atom. The maximum Gasteiger partial charge on any atom is 0.272 e. The largest absolute Gasteiger partial charge is 0.284 e. The van der Waals surface area contributed by atoms with E-state index in [0.29, 0.717) is 17.0 Å². The molecule has 0 radical (unpaired) electrons. The fourth-order valence-electron chi connectivity index (χ4n) is 2.41. The molecule has 1 aromatic heterocycles. The van der Waals surface area contributed by atoms with Crippen LogP contribution in [0, 0.1) is 0 Å². The molecule has 1 heterocycles. The van der Waals surface area contributed by atoms with Gasteiger partial charge in [-0.3, -0.25) is 9.52 Å². The molecule has 0 aliphatic heterocycles. The van der Waals surface area contributed by atoms with Crippen LogP contribution in [-0.2, 0) is 10.0 Å². The van der Waals surface area contributed by atoms with Gasteiger partial charge < -0.3 is 0 Å². The van der Waals surface area contributed by atoms with Crippen LogP contribution in [0.3, 0.4) is 0 Å². The number of amides is 1. The number of carbonyl (C=O) groups excluding carboxylic acids is 1. The molecule has 0 fully saturated rings. The molecule has 134 valence electrons. The first kappa shape index (κ1) is 18.1. The summed E-state index contributed by atoms with van der Waals surface area (Å²) in [4.78, 5) is 12.4. The van der Waals surface area contributed by atoms with Gasteiger partial charge in [0.2, 0.25) is 10.0 Å². The molecule has 3 rings (SSSR count). The van der Waals surface area contributed by atoms with Gasteiger partial charge >= 0.3 is 0 Å². The van der Waals surface area contributed by atoms with E-state index in [9.17, 15) is 13.2 Å². The predicted molar refractivity (Wildman–Crippen MR) is 106 cm³/mol. The number of thiophene rings is 1. The number of nitrogens with zero attached hydrogens (tertiary/aromatic N) is 1. The lowest BCUT2D eigenvalue weighted by molar-refractivity contribution is 0.0957. The van der Waals surface area contributed by atoms with Gasteiger partial charge in [-0.05, 0) is 30.7 Å². The summed E-state index contributed by atoms with van der Waals surface area (Å²) in [6.07, 6.45) is 1.09. The highest BCUT2D eigenvalue weighted by atomic mass is 32.2. The quantitative estimate of drug-likeness (QED) is 0.519. The van der Waals surface area contributed by atoms with Gasteiger partial charge in [-0.2, -0.15) is 5.10 Å². The number of sulfonamides is 1. The summed E-state index contributed by atoms with van der Waals surface area (Å²) in [5.41, 5.74) is 5.03. The summed E-state index contributed by atoms with van der Waals surface area (Å²) >= 11 is 1.51. The zero-order valence-corrected chi connectivity index (χ0v) is 15.8. The second-order valence-electron chi connectivity index (χ2n) is 5.74. The van der Waals surface area contributed by atoms with Gasteiger partial charge in [-0.25, -0.2) is 13.8 Å². The summed E-state index contributed by atoms with van der Waals surface area (Å²) in [6.45, 7) is 1.77. The van der Waals surface area contributed by atoms with E-state index >= 15 is 0 Å². The van der Waals surface area contributed by atoms with Crippen molar-refractivity contribution in [3.05, 3.63) is 65.0 Å². The smallest absolute Gasteiger partial charge is 0.272 e. The first-order chi connectivity index (χ1) is 12.3. The Bertz CT molecular complexity index is 1080. The van der Waals surface area contributed by atoms with Crippen LogP contribution in [0.2, 0.25) is 0 Å². The third kappa shape index (κ3) is 4.27. The van der Waals surface area contributed by atoms with E-state index in [1.54, 1.807) is 31.2 Å². The van der Waals surface area contributed by atoms with Crippen molar-refractivity contribution in [1.29, 1.82) is 0 Å². The van der Waals surface area contributed by atoms with Gasteiger partial charge in [0, 0.05) is 21.2 Å². The van der Waals surface area contributed by atoms with Crippen molar-refractivity contribution in [2.75, 3.05) is 11.0 Å². The van der Waals surface area contributed by atoms with Crippen LogP contribution in [-0.4, -0.2) is 26.3 Å². The number of hydrogen-bond donors (Lipinski definition) is 2. The lowest BCUT2D eigenvalue weighted by atomic mass is 10.1. The molecule has 0 bridgehead atoms. The van der Waals surface area contributed by atoms with Crippen LogP contribution in [0.25, 0.3) is 10.1 Å². The lowest BCUT2D eigenvalue weighted by Gasteiger charge is -2.06.